The van der Waals surface area contributed by atoms with Crippen molar-refractivity contribution in [1.29, 1.82) is 0 Å². The van der Waals surface area contributed by atoms with E-state index in [1.807, 2.05) is 13.8 Å². The molecule has 3 aromatic rings. The van der Waals surface area contributed by atoms with E-state index in [0.29, 0.717) is 10.9 Å². The highest BCUT2D eigenvalue weighted by Crippen LogP contribution is 2.19. The third-order valence-corrected chi connectivity index (χ3v) is 5.59. The topological polar surface area (TPSA) is 120 Å². The fourth-order valence-electron chi connectivity index (χ4n) is 4.08. The Hall–Kier alpha value is -3.43. The van der Waals surface area contributed by atoms with Gasteiger partial charge >= 0.3 is 5.69 Å². The lowest BCUT2D eigenvalue weighted by molar-refractivity contribution is -0.122. The minimum absolute atomic E-state index is 0.0774. The molecule has 2 aromatic heterocycles. The molecule has 0 bridgehead atoms. The highest BCUT2D eigenvalue weighted by Gasteiger charge is 2.21. The van der Waals surface area contributed by atoms with E-state index in [0.717, 1.165) is 30.4 Å². The lowest BCUT2D eigenvalue weighted by Crippen LogP contribution is -2.36. The van der Waals surface area contributed by atoms with Crippen LogP contribution in [-0.4, -0.2) is 42.6 Å². The van der Waals surface area contributed by atoms with Crippen LogP contribution < -0.4 is 21.9 Å². The van der Waals surface area contributed by atoms with Gasteiger partial charge in [-0.2, -0.15) is 0 Å². The lowest BCUT2D eigenvalue weighted by atomic mass is 10.1. The molecule has 2 N–H and O–H groups in total. The third-order valence-electron chi connectivity index (χ3n) is 5.59. The molecule has 0 aliphatic heterocycles. The molecule has 10 heteroatoms. The van der Waals surface area contributed by atoms with Crippen molar-refractivity contribution in [2.75, 3.05) is 0 Å². The van der Waals surface area contributed by atoms with Crippen molar-refractivity contribution in [3.63, 3.8) is 0 Å². The molecule has 31 heavy (non-hydrogen) atoms. The quantitative estimate of drug-likeness (QED) is 0.617. The van der Waals surface area contributed by atoms with Crippen molar-refractivity contribution >= 4 is 28.5 Å². The van der Waals surface area contributed by atoms with Gasteiger partial charge in [-0.05, 0) is 44.9 Å². The highest BCUT2D eigenvalue weighted by molar-refractivity contribution is 5.98. The Balaban J connectivity index is 1.81. The Labute approximate surface area is 177 Å². The van der Waals surface area contributed by atoms with Crippen molar-refractivity contribution in [3.8, 4) is 0 Å². The molecule has 0 unspecified atom stereocenters. The molecule has 10 nitrogen and oxygen atoms in total. The summed E-state index contributed by atoms with van der Waals surface area (Å²) in [4.78, 5) is 50.7. The molecule has 2 amide bonds. The maximum atomic E-state index is 13.1. The van der Waals surface area contributed by atoms with E-state index in [4.69, 9.17) is 0 Å². The van der Waals surface area contributed by atoms with Crippen molar-refractivity contribution in [2.24, 2.45) is 7.05 Å². The largest absolute Gasteiger partial charge is 0.352 e. The minimum atomic E-state index is -0.553. The second-order valence-electron chi connectivity index (χ2n) is 8.35. The molecule has 164 valence electrons. The van der Waals surface area contributed by atoms with E-state index in [-0.39, 0.29) is 47.3 Å². The Kier molecular flexibility index (Phi) is 5.38. The summed E-state index contributed by atoms with van der Waals surface area (Å²) in [6, 6.07) is 4.75. The zero-order valence-electron chi connectivity index (χ0n) is 17.8. The Morgan fingerprint density at radius 3 is 2.58 bits per heavy atom. The number of rotatable bonds is 5. The van der Waals surface area contributed by atoms with Gasteiger partial charge in [-0.3, -0.25) is 19.0 Å². The summed E-state index contributed by atoms with van der Waals surface area (Å²) in [5, 5.41) is 10.2. The first-order valence-electron chi connectivity index (χ1n) is 10.5. The van der Waals surface area contributed by atoms with E-state index < -0.39 is 5.69 Å². The van der Waals surface area contributed by atoms with Crippen LogP contribution in [0.2, 0.25) is 0 Å². The molecule has 0 saturated heterocycles. The average Bonchev–Trinajstić information content (AvgIpc) is 3.33. The number of hydrogen-bond acceptors (Lipinski definition) is 5. The van der Waals surface area contributed by atoms with E-state index in [2.05, 4.69) is 15.7 Å². The number of benzene rings is 1. The predicted octanol–water partition coefficient (Wildman–Crippen LogP) is 0.545. The van der Waals surface area contributed by atoms with Crippen LogP contribution in [0.1, 0.15) is 49.9 Å². The molecule has 0 radical (unpaired) electrons. The van der Waals surface area contributed by atoms with E-state index in [1.165, 1.54) is 22.1 Å². The smallest absolute Gasteiger partial charge is 0.352 e. The molecule has 1 fully saturated rings. The van der Waals surface area contributed by atoms with Crippen molar-refractivity contribution in [3.05, 3.63) is 44.6 Å². The minimum Gasteiger partial charge on any atom is -0.352 e. The summed E-state index contributed by atoms with van der Waals surface area (Å²) in [5.41, 5.74) is -0.235. The molecule has 1 aliphatic rings. The van der Waals surface area contributed by atoms with Gasteiger partial charge in [0.1, 0.15) is 6.54 Å². The van der Waals surface area contributed by atoms with Gasteiger partial charge in [0.2, 0.25) is 11.7 Å². The lowest BCUT2D eigenvalue weighted by Gasteiger charge is -2.12. The summed E-state index contributed by atoms with van der Waals surface area (Å²) in [6.07, 6.45) is 4.10. The summed E-state index contributed by atoms with van der Waals surface area (Å²) >= 11 is 0. The normalized spacial score (nSPS) is 14.6. The number of amides is 2. The maximum Gasteiger partial charge on any atom is 0.352 e. The second kappa shape index (κ2) is 8.01. The SMILES string of the molecule is CC(C)NC(=O)Cn1nc2n(C)c(=O)c3ccc(C(=O)NC4CCCC4)cc3n2c1=O. The van der Waals surface area contributed by atoms with Gasteiger partial charge < -0.3 is 10.6 Å². The monoisotopic (exact) mass is 426 g/mol. The standard InChI is InChI=1S/C21H26N6O4/c1-12(2)22-17(28)11-26-21(31)27-16-10-13(18(29)23-14-6-4-5-7-14)8-9-15(16)19(30)25(3)20(27)24-26/h8-10,12,14H,4-7,11H2,1-3H3,(H,22,28)(H,23,29). The molecular weight excluding hydrogens is 400 g/mol. The molecule has 4 rings (SSSR count). The number of hydrogen-bond donors (Lipinski definition) is 2. The molecule has 0 spiro atoms. The molecule has 1 aromatic carbocycles. The van der Waals surface area contributed by atoms with E-state index >= 15 is 0 Å². The number of carbonyl (C=O) groups is 2. The van der Waals surface area contributed by atoms with Crippen LogP contribution in [0, 0.1) is 0 Å². The van der Waals surface area contributed by atoms with Crippen LogP contribution in [0.25, 0.3) is 16.7 Å². The van der Waals surface area contributed by atoms with Crippen LogP contribution in [0.4, 0.5) is 0 Å². The van der Waals surface area contributed by atoms with Gasteiger partial charge in [-0.25, -0.2) is 13.9 Å². The molecule has 0 atom stereocenters. The third kappa shape index (κ3) is 3.85. The van der Waals surface area contributed by atoms with Crippen molar-refractivity contribution in [1.82, 2.24) is 29.4 Å². The first kappa shape index (κ1) is 20.8. The Morgan fingerprint density at radius 1 is 1.19 bits per heavy atom. The van der Waals surface area contributed by atoms with Crippen LogP contribution >= 0.6 is 0 Å². The van der Waals surface area contributed by atoms with Gasteiger partial charge in [0.25, 0.3) is 11.5 Å². The van der Waals surface area contributed by atoms with Crippen LogP contribution in [0.15, 0.2) is 27.8 Å². The predicted molar refractivity (Wildman–Crippen MR) is 115 cm³/mol. The van der Waals surface area contributed by atoms with E-state index in [9.17, 15) is 19.2 Å². The van der Waals surface area contributed by atoms with Gasteiger partial charge in [0.15, 0.2) is 0 Å². The highest BCUT2D eigenvalue weighted by atomic mass is 16.2. The van der Waals surface area contributed by atoms with Gasteiger partial charge in [-0.15, -0.1) is 5.10 Å². The Morgan fingerprint density at radius 2 is 1.90 bits per heavy atom. The number of aromatic nitrogens is 4. The Bertz CT molecular complexity index is 1290. The van der Waals surface area contributed by atoms with Crippen LogP contribution in [0.5, 0.6) is 0 Å². The zero-order chi connectivity index (χ0) is 22.3. The summed E-state index contributed by atoms with van der Waals surface area (Å²) in [6.45, 7) is 3.37. The average molecular weight is 426 g/mol. The molecule has 1 saturated carbocycles. The number of fused-ring (bicyclic) bond motifs is 3. The molecular formula is C21H26N6O4. The first-order chi connectivity index (χ1) is 14.8. The first-order valence-corrected chi connectivity index (χ1v) is 10.5. The second-order valence-corrected chi connectivity index (χ2v) is 8.35. The number of nitrogens with one attached hydrogen (secondary N) is 2. The fourth-order valence-corrected chi connectivity index (χ4v) is 4.08. The maximum absolute atomic E-state index is 13.1. The molecule has 1 aliphatic carbocycles. The summed E-state index contributed by atoms with van der Waals surface area (Å²) < 4.78 is 3.56. The number of nitrogens with zero attached hydrogens (tertiary/aromatic N) is 4. The molecule has 2 heterocycles. The van der Waals surface area contributed by atoms with Crippen molar-refractivity contribution < 1.29 is 9.59 Å². The fraction of sp³-hybridized carbons (Fsp3) is 0.476. The van der Waals surface area contributed by atoms with Gasteiger partial charge in [0.05, 0.1) is 10.9 Å². The number of carbonyl (C=O) groups excluding carboxylic acids is 2. The van der Waals surface area contributed by atoms with Crippen LogP contribution in [-0.2, 0) is 18.4 Å². The van der Waals surface area contributed by atoms with Gasteiger partial charge in [0, 0.05) is 24.7 Å². The number of aryl methyl sites for hydroxylation is 1. The van der Waals surface area contributed by atoms with E-state index in [1.54, 1.807) is 12.1 Å². The van der Waals surface area contributed by atoms with Gasteiger partial charge in [-0.1, -0.05) is 12.8 Å². The summed E-state index contributed by atoms with van der Waals surface area (Å²) in [5.74, 6) is -0.487. The summed E-state index contributed by atoms with van der Waals surface area (Å²) in [7, 11) is 1.52. The van der Waals surface area contributed by atoms with Crippen molar-refractivity contribution in [2.45, 2.75) is 58.2 Å². The zero-order valence-corrected chi connectivity index (χ0v) is 17.8. The van der Waals surface area contributed by atoms with Crippen LogP contribution in [0.3, 0.4) is 0 Å².